The van der Waals surface area contributed by atoms with E-state index in [0.717, 1.165) is 42.1 Å². The molecule has 2 heterocycles. The van der Waals surface area contributed by atoms with Crippen LogP contribution in [0.5, 0.6) is 0 Å². The molecule has 2 N–H and O–H groups in total. The molecule has 5 rings (SSSR count). The summed E-state index contributed by atoms with van der Waals surface area (Å²) in [6.45, 7) is 3.73. The molecule has 1 saturated heterocycles. The first kappa shape index (κ1) is 20.9. The summed E-state index contributed by atoms with van der Waals surface area (Å²) in [4.78, 5) is 14.5. The van der Waals surface area contributed by atoms with E-state index in [4.69, 9.17) is 10.5 Å². The highest BCUT2D eigenvalue weighted by atomic mass is 31.1. The SMILES string of the molecule is Cc1ccc(-c2ccc3c(c2)C2(CN(C)C2)OC3=O)cc1P=CCCC1CCC(N)C1. The van der Waals surface area contributed by atoms with Gasteiger partial charge in [-0.1, -0.05) is 32.2 Å². The number of esters is 1. The van der Waals surface area contributed by atoms with E-state index in [1.54, 1.807) is 0 Å². The third-order valence-electron chi connectivity index (χ3n) is 7.13. The molecule has 2 atom stereocenters. The molecule has 162 valence electrons. The Morgan fingerprint density at radius 3 is 2.71 bits per heavy atom. The van der Waals surface area contributed by atoms with Crippen LogP contribution in [0.15, 0.2) is 36.4 Å². The quantitative estimate of drug-likeness (QED) is 0.565. The van der Waals surface area contributed by atoms with E-state index in [2.05, 4.69) is 55.0 Å². The maximum Gasteiger partial charge on any atom is 0.339 e. The number of nitrogens with two attached hydrogens (primary N) is 1. The van der Waals surface area contributed by atoms with Crippen LogP contribution in [0.1, 0.15) is 53.6 Å². The van der Waals surface area contributed by atoms with E-state index in [1.165, 1.54) is 50.3 Å². The third kappa shape index (κ3) is 3.98. The summed E-state index contributed by atoms with van der Waals surface area (Å²) in [5.41, 5.74) is 11.1. The number of benzene rings is 2. The van der Waals surface area contributed by atoms with Gasteiger partial charge in [-0.15, -0.1) is 0 Å². The molecule has 0 aromatic heterocycles. The van der Waals surface area contributed by atoms with E-state index in [0.29, 0.717) is 6.04 Å². The molecule has 1 aliphatic carbocycles. The lowest BCUT2D eigenvalue weighted by molar-refractivity contribution is -0.0942. The zero-order valence-electron chi connectivity index (χ0n) is 18.4. The molecule has 1 spiro atoms. The van der Waals surface area contributed by atoms with Gasteiger partial charge >= 0.3 is 5.97 Å². The highest BCUT2D eigenvalue weighted by Crippen LogP contribution is 2.44. The standard InChI is InChI=1S/C26H31N2O2P/c1-17-5-7-20(14-24(17)31-11-3-4-18-6-9-21(27)12-18)19-8-10-22-23(13-19)26(30-25(22)29)15-28(2)16-26/h5,7-8,10-11,13-14,18,21H,3-4,6,9,12,15-16,27H2,1-2H3. The number of fused-ring (bicyclic) bond motifs is 2. The van der Waals surface area contributed by atoms with E-state index in [9.17, 15) is 4.79 Å². The summed E-state index contributed by atoms with van der Waals surface area (Å²) in [7, 11) is 3.34. The molecule has 3 aliphatic rings. The van der Waals surface area contributed by atoms with Crippen LogP contribution in [-0.4, -0.2) is 42.8 Å². The molecule has 0 radical (unpaired) electrons. The second-order valence-electron chi connectivity index (χ2n) is 9.65. The number of nitrogens with zero attached hydrogens (tertiary/aromatic N) is 1. The lowest BCUT2D eigenvalue weighted by atomic mass is 9.84. The van der Waals surface area contributed by atoms with Crippen molar-refractivity contribution >= 4 is 25.3 Å². The van der Waals surface area contributed by atoms with Crippen LogP contribution in [0, 0.1) is 12.8 Å². The van der Waals surface area contributed by atoms with Gasteiger partial charge in [-0.3, -0.25) is 4.90 Å². The number of ether oxygens (including phenoxy) is 1. The fourth-order valence-corrected chi connectivity index (χ4v) is 6.37. The second-order valence-corrected chi connectivity index (χ2v) is 10.8. The van der Waals surface area contributed by atoms with Crippen LogP contribution in [0.3, 0.4) is 0 Å². The van der Waals surface area contributed by atoms with Crippen LogP contribution in [0.4, 0.5) is 0 Å². The van der Waals surface area contributed by atoms with Gasteiger partial charge in [0, 0.05) is 30.0 Å². The first-order chi connectivity index (χ1) is 14.9. The van der Waals surface area contributed by atoms with Crippen molar-refractivity contribution in [3.8, 4) is 11.1 Å². The molecule has 0 bridgehead atoms. The summed E-state index contributed by atoms with van der Waals surface area (Å²) in [5, 5.41) is 1.35. The molecule has 2 aliphatic heterocycles. The largest absolute Gasteiger partial charge is 0.448 e. The van der Waals surface area contributed by atoms with Crippen molar-refractivity contribution < 1.29 is 9.53 Å². The van der Waals surface area contributed by atoms with Gasteiger partial charge in [0.05, 0.1) is 5.56 Å². The van der Waals surface area contributed by atoms with Gasteiger partial charge in [0.25, 0.3) is 0 Å². The van der Waals surface area contributed by atoms with E-state index in [-0.39, 0.29) is 5.97 Å². The predicted octanol–water partition coefficient (Wildman–Crippen LogP) is 4.25. The van der Waals surface area contributed by atoms with Crippen molar-refractivity contribution in [1.82, 2.24) is 4.90 Å². The van der Waals surface area contributed by atoms with E-state index < -0.39 is 5.60 Å². The first-order valence-electron chi connectivity index (χ1n) is 11.4. The lowest BCUT2D eigenvalue weighted by Crippen LogP contribution is -2.57. The Bertz CT molecular complexity index is 1040. The average Bonchev–Trinajstić information content (AvgIpc) is 3.27. The van der Waals surface area contributed by atoms with Crippen LogP contribution in [0.25, 0.3) is 11.1 Å². The normalized spacial score (nSPS) is 24.5. The molecule has 4 nitrogen and oxygen atoms in total. The Kier molecular flexibility index (Phi) is 5.50. The molecule has 5 heteroatoms. The summed E-state index contributed by atoms with van der Waals surface area (Å²) in [6.07, 6.45) is 6.09. The van der Waals surface area contributed by atoms with Crippen molar-refractivity contribution in [3.63, 3.8) is 0 Å². The van der Waals surface area contributed by atoms with Gasteiger partial charge in [0.15, 0.2) is 5.60 Å². The molecule has 31 heavy (non-hydrogen) atoms. The molecule has 2 aromatic carbocycles. The molecule has 2 aromatic rings. The Labute approximate surface area is 186 Å². The summed E-state index contributed by atoms with van der Waals surface area (Å²) < 4.78 is 5.78. The summed E-state index contributed by atoms with van der Waals surface area (Å²) >= 11 is 0. The Morgan fingerprint density at radius 1 is 1.19 bits per heavy atom. The fraction of sp³-hybridized carbons (Fsp3) is 0.462. The van der Waals surface area contributed by atoms with Gasteiger partial charge in [-0.05, 0) is 86.9 Å². The Hall–Kier alpha value is -2.00. The van der Waals surface area contributed by atoms with Crippen molar-refractivity contribution in [2.45, 2.75) is 50.7 Å². The van der Waals surface area contributed by atoms with Crippen LogP contribution < -0.4 is 11.0 Å². The number of likely N-dealkylation sites (N-methyl/N-ethyl adjacent to an activating group) is 1. The highest BCUT2D eigenvalue weighted by molar-refractivity contribution is 7.47. The van der Waals surface area contributed by atoms with Gasteiger partial charge in [-0.25, -0.2) is 4.79 Å². The number of carbonyl (C=O) groups is 1. The molecular weight excluding hydrogens is 403 g/mol. The van der Waals surface area contributed by atoms with Crippen LogP contribution in [0.2, 0.25) is 0 Å². The Balaban J connectivity index is 1.35. The number of hydrogen-bond donors (Lipinski definition) is 1. The topological polar surface area (TPSA) is 55.6 Å². The number of likely N-dealkylation sites (tertiary alicyclic amines) is 1. The monoisotopic (exact) mass is 434 g/mol. The zero-order valence-corrected chi connectivity index (χ0v) is 19.3. The number of aryl methyl sites for hydroxylation is 1. The second kappa shape index (κ2) is 8.16. The van der Waals surface area contributed by atoms with Gasteiger partial charge in [0.2, 0.25) is 0 Å². The van der Waals surface area contributed by atoms with E-state index >= 15 is 0 Å². The first-order valence-corrected chi connectivity index (χ1v) is 12.4. The highest BCUT2D eigenvalue weighted by Gasteiger charge is 2.52. The molecule has 0 amide bonds. The molecular formula is C26H31N2O2P. The van der Waals surface area contributed by atoms with Crippen molar-refractivity contribution in [3.05, 3.63) is 53.1 Å². The summed E-state index contributed by atoms with van der Waals surface area (Å²) in [5.74, 6) is 3.03. The van der Waals surface area contributed by atoms with E-state index in [1.807, 2.05) is 6.07 Å². The minimum atomic E-state index is -0.445. The molecule has 1 saturated carbocycles. The van der Waals surface area contributed by atoms with Crippen LogP contribution >= 0.6 is 8.20 Å². The number of carbonyl (C=O) groups excluding carboxylic acids is 1. The zero-order chi connectivity index (χ0) is 21.6. The van der Waals surface area contributed by atoms with Gasteiger partial charge in [-0.2, -0.15) is 0 Å². The smallest absolute Gasteiger partial charge is 0.339 e. The third-order valence-corrected chi connectivity index (χ3v) is 8.33. The minimum Gasteiger partial charge on any atom is -0.448 e. The average molecular weight is 435 g/mol. The minimum absolute atomic E-state index is 0.185. The number of hydrogen-bond acceptors (Lipinski definition) is 4. The summed E-state index contributed by atoms with van der Waals surface area (Å²) in [6, 6.07) is 13.3. The number of rotatable bonds is 5. The van der Waals surface area contributed by atoms with Crippen molar-refractivity contribution in [1.29, 1.82) is 0 Å². The predicted molar refractivity (Wildman–Crippen MR) is 128 cm³/mol. The molecule has 2 unspecified atom stereocenters. The lowest BCUT2D eigenvalue weighted by Gasteiger charge is -2.44. The van der Waals surface area contributed by atoms with Crippen molar-refractivity contribution in [2.75, 3.05) is 20.1 Å². The van der Waals surface area contributed by atoms with Gasteiger partial charge in [0.1, 0.15) is 0 Å². The maximum atomic E-state index is 12.3. The molecule has 2 fully saturated rings. The van der Waals surface area contributed by atoms with Gasteiger partial charge < -0.3 is 10.5 Å². The maximum absolute atomic E-state index is 12.3. The van der Waals surface area contributed by atoms with Crippen LogP contribution in [-0.2, 0) is 10.3 Å². The Morgan fingerprint density at radius 2 is 1.97 bits per heavy atom. The fourth-order valence-electron chi connectivity index (χ4n) is 5.40. The van der Waals surface area contributed by atoms with Crippen molar-refractivity contribution in [2.24, 2.45) is 11.7 Å².